The van der Waals surface area contributed by atoms with Gasteiger partial charge in [0.1, 0.15) is 0 Å². The van der Waals surface area contributed by atoms with Crippen molar-refractivity contribution < 1.29 is 131 Å². The number of nitrogen functional groups attached to an aromatic ring is 1. The topological polar surface area (TPSA) is 64.7 Å². The molecule has 0 saturated carbocycles. The second-order valence-corrected chi connectivity index (χ2v) is 6.75. The first-order valence-corrected chi connectivity index (χ1v) is 8.97. The molecular formula is C19H20KNO3S3Y2-2. The molecule has 0 aromatic heterocycles. The third-order valence-electron chi connectivity index (χ3n) is 3.06. The van der Waals surface area contributed by atoms with Gasteiger partial charge < -0.3 is 45.2 Å². The van der Waals surface area contributed by atoms with Gasteiger partial charge in [0.25, 0.3) is 0 Å². The average molecular weight is 623 g/mol. The molecule has 0 saturated heterocycles. The summed E-state index contributed by atoms with van der Waals surface area (Å²) in [7, 11) is 0. The Morgan fingerprint density at radius 3 is 2.24 bits per heavy atom. The molecule has 1 aliphatic rings. The summed E-state index contributed by atoms with van der Waals surface area (Å²) >= 11 is 13.7. The molecule has 4 nitrogen and oxygen atoms in total. The molecule has 0 bridgehead atoms. The summed E-state index contributed by atoms with van der Waals surface area (Å²) in [4.78, 5) is 0. The van der Waals surface area contributed by atoms with Crippen LogP contribution in [0.15, 0.2) is 24.3 Å². The summed E-state index contributed by atoms with van der Waals surface area (Å²) in [5, 5.41) is 9.55. The van der Waals surface area contributed by atoms with Crippen molar-refractivity contribution in [2.45, 2.75) is 27.2 Å². The van der Waals surface area contributed by atoms with Crippen molar-refractivity contribution in [3.05, 3.63) is 53.1 Å². The predicted molar refractivity (Wildman–Crippen MR) is 115 cm³/mol. The van der Waals surface area contributed by atoms with Gasteiger partial charge in [-0.15, -0.1) is 23.8 Å². The molecule has 146 valence electrons. The Morgan fingerprint density at radius 1 is 1.24 bits per heavy atom. The van der Waals surface area contributed by atoms with E-state index in [9.17, 15) is 0 Å². The first kappa shape index (κ1) is 35.5. The van der Waals surface area contributed by atoms with Crippen molar-refractivity contribution in [2.75, 3.05) is 12.3 Å². The van der Waals surface area contributed by atoms with E-state index < -0.39 is 0 Å². The molecule has 2 aromatic rings. The Labute approximate surface area is 282 Å². The third kappa shape index (κ3) is 15.4. The number of phenolic OH excluding ortho intramolecular Hbond substituents is 1. The SMILES string of the molecule is CCOC(=S)[S-].Cc1[c-]cc(O)c(N)c1.Cc1[c-]cc2c(c1)CC(=S)O2.[K+].[Y].[Y]. The number of fused-ring (bicyclic) bond motifs is 1. The van der Waals surface area contributed by atoms with Crippen LogP contribution in [0, 0.1) is 26.0 Å². The zero-order valence-electron chi connectivity index (χ0n) is 16.9. The summed E-state index contributed by atoms with van der Waals surface area (Å²) < 4.78 is 10.1. The van der Waals surface area contributed by atoms with E-state index in [1.807, 2.05) is 26.8 Å². The van der Waals surface area contributed by atoms with Crippen LogP contribution in [0.25, 0.3) is 0 Å². The van der Waals surface area contributed by atoms with Crippen LogP contribution in [0.2, 0.25) is 0 Å². The van der Waals surface area contributed by atoms with Crippen molar-refractivity contribution in [2.24, 2.45) is 0 Å². The molecule has 3 N–H and O–H groups in total. The molecular weight excluding hydrogens is 603 g/mol. The van der Waals surface area contributed by atoms with Gasteiger partial charge in [-0.25, -0.2) is 0 Å². The number of aryl methyl sites for hydroxylation is 2. The molecule has 0 spiro atoms. The summed E-state index contributed by atoms with van der Waals surface area (Å²) in [6.07, 6.45) is 0.778. The summed E-state index contributed by atoms with van der Waals surface area (Å²) in [5.41, 5.74) is 9.02. The second-order valence-electron chi connectivity index (χ2n) is 5.30. The number of benzene rings is 2. The van der Waals surface area contributed by atoms with Crippen molar-refractivity contribution in [1.29, 1.82) is 0 Å². The minimum Gasteiger partial charge on any atom is -0.564 e. The van der Waals surface area contributed by atoms with E-state index in [1.54, 1.807) is 6.07 Å². The van der Waals surface area contributed by atoms with Crippen molar-refractivity contribution in [3.63, 3.8) is 0 Å². The fraction of sp³-hybridized carbons (Fsp3) is 0.263. The van der Waals surface area contributed by atoms with Gasteiger partial charge >= 0.3 is 51.4 Å². The van der Waals surface area contributed by atoms with Crippen LogP contribution in [0.1, 0.15) is 23.6 Å². The molecule has 2 aromatic carbocycles. The Morgan fingerprint density at radius 2 is 1.79 bits per heavy atom. The van der Waals surface area contributed by atoms with Gasteiger partial charge in [0.2, 0.25) is 0 Å². The zero-order chi connectivity index (χ0) is 19.7. The van der Waals surface area contributed by atoms with Gasteiger partial charge in [0, 0.05) is 87.7 Å². The number of anilines is 1. The molecule has 0 atom stereocenters. The summed E-state index contributed by atoms with van der Waals surface area (Å²) in [6, 6.07) is 12.9. The minimum absolute atomic E-state index is 0. The number of aromatic hydroxyl groups is 1. The molecule has 1 aliphatic heterocycles. The number of hydrogen-bond acceptors (Lipinski definition) is 7. The first-order valence-electron chi connectivity index (χ1n) is 7.75. The average Bonchev–Trinajstić information content (AvgIpc) is 2.91. The van der Waals surface area contributed by atoms with Crippen LogP contribution in [0.4, 0.5) is 5.69 Å². The molecule has 1 heterocycles. The zero-order valence-corrected chi connectivity index (χ0v) is 28.2. The van der Waals surface area contributed by atoms with Gasteiger partial charge in [-0.2, -0.15) is 29.3 Å². The molecule has 0 fully saturated rings. The minimum atomic E-state index is 0. The fourth-order valence-electron chi connectivity index (χ4n) is 1.93. The second kappa shape index (κ2) is 19.4. The first-order chi connectivity index (χ1) is 12.2. The van der Waals surface area contributed by atoms with E-state index in [1.165, 1.54) is 11.6 Å². The largest absolute Gasteiger partial charge is 1.00 e. The molecule has 29 heavy (non-hydrogen) atoms. The third-order valence-corrected chi connectivity index (χ3v) is 3.53. The Bertz CT molecular complexity index is 795. The van der Waals surface area contributed by atoms with Gasteiger partial charge in [0.15, 0.2) is 5.05 Å². The van der Waals surface area contributed by atoms with E-state index in [0.29, 0.717) is 17.3 Å². The Kier molecular flexibility index (Phi) is 23.7. The van der Waals surface area contributed by atoms with Crippen molar-refractivity contribution in [3.8, 4) is 11.5 Å². The van der Waals surface area contributed by atoms with Gasteiger partial charge in [-0.3, -0.25) is 0 Å². The summed E-state index contributed by atoms with van der Waals surface area (Å²) in [6.45, 7) is 6.32. The molecule has 10 heteroatoms. The number of thiocarbonyl (C=S) groups is 2. The maximum Gasteiger partial charge on any atom is 1.00 e. The van der Waals surface area contributed by atoms with Gasteiger partial charge in [-0.05, 0) is 24.8 Å². The van der Waals surface area contributed by atoms with E-state index in [4.69, 9.17) is 27.8 Å². The van der Waals surface area contributed by atoms with Crippen LogP contribution in [-0.2, 0) is 89.2 Å². The fourth-order valence-corrected chi connectivity index (χ4v) is 2.41. The number of ether oxygens (including phenoxy) is 2. The predicted octanol–water partition coefficient (Wildman–Crippen LogP) is 0.994. The molecule has 0 unspecified atom stereocenters. The smallest absolute Gasteiger partial charge is 0.564 e. The number of phenols is 1. The van der Waals surface area contributed by atoms with E-state index in [0.717, 1.165) is 23.3 Å². The Balaban J connectivity index is -0.000000347. The van der Waals surface area contributed by atoms with Crippen LogP contribution in [0.5, 0.6) is 11.5 Å². The molecule has 3 rings (SSSR count). The number of hydrogen-bond donors (Lipinski definition) is 2. The molecule has 0 aliphatic carbocycles. The molecule has 2 radical (unpaired) electrons. The van der Waals surface area contributed by atoms with E-state index in [-0.39, 0.29) is 127 Å². The van der Waals surface area contributed by atoms with Crippen LogP contribution in [0.3, 0.4) is 0 Å². The van der Waals surface area contributed by atoms with Crippen LogP contribution < -0.4 is 61.9 Å². The van der Waals surface area contributed by atoms with E-state index >= 15 is 0 Å². The van der Waals surface area contributed by atoms with Crippen LogP contribution in [-0.4, -0.2) is 21.1 Å². The monoisotopic (exact) mass is 623 g/mol. The van der Waals surface area contributed by atoms with Gasteiger partial charge in [-0.1, -0.05) is 13.8 Å². The standard InChI is InChI=1S/C9H7OS.C7H8NO.C3H6OS2.K.2Y/c1-6-2-3-8-7(4-6)5-9(11)10-8;1-5-2-3-7(9)6(8)4-5;1-2-4-3(5)6;;;/h3-4H,5H2,1H3;3-4,9H,8H2,1H3;2H2,1H3,(H,5,6);;;/q2*-1;;+1;;/p-1. The van der Waals surface area contributed by atoms with Crippen molar-refractivity contribution >= 4 is 52.2 Å². The number of nitrogens with two attached hydrogens (primary N) is 1. The van der Waals surface area contributed by atoms with Gasteiger partial charge in [0.05, 0.1) is 6.61 Å². The normalized spacial score (nSPS) is 9.97. The van der Waals surface area contributed by atoms with Crippen LogP contribution >= 0.6 is 24.4 Å². The molecule has 0 amide bonds. The number of rotatable bonds is 1. The van der Waals surface area contributed by atoms with E-state index in [2.05, 4.69) is 47.8 Å². The Hall–Kier alpha value is 1.88. The summed E-state index contributed by atoms with van der Waals surface area (Å²) in [5.74, 6) is 0.973. The quantitative estimate of drug-likeness (QED) is 0.123. The maximum absolute atomic E-state index is 8.89. The maximum atomic E-state index is 8.89. The van der Waals surface area contributed by atoms with Crippen molar-refractivity contribution in [1.82, 2.24) is 0 Å².